The minimum absolute atomic E-state index is 0.201. The molecular weight excluding hydrogens is 156 g/mol. The van der Waals surface area contributed by atoms with Crippen LogP contribution in [0.4, 0.5) is 4.79 Å². The average molecular weight is 172 g/mol. The maximum Gasteiger partial charge on any atom is 0.341 e. The van der Waals surface area contributed by atoms with Gasteiger partial charge in [-0.2, -0.15) is 4.99 Å². The molecule has 0 radical (unpaired) electrons. The van der Waals surface area contributed by atoms with E-state index in [1.165, 1.54) is 0 Å². The van der Waals surface area contributed by atoms with Gasteiger partial charge < -0.3 is 16.4 Å². The molecule has 0 aliphatic heterocycles. The molecule has 0 aromatic carbocycles. The van der Waals surface area contributed by atoms with Crippen LogP contribution in [-0.4, -0.2) is 30.0 Å². The van der Waals surface area contributed by atoms with Crippen LogP contribution in [0.5, 0.6) is 0 Å². The lowest BCUT2D eigenvalue weighted by atomic mass is 10.4. The number of hydrogen-bond donors (Lipinski definition) is 2. The summed E-state index contributed by atoms with van der Waals surface area (Å²) in [6.45, 7) is 5.49. The van der Waals surface area contributed by atoms with Gasteiger partial charge in [-0.15, -0.1) is 0 Å². The van der Waals surface area contributed by atoms with Crippen molar-refractivity contribution >= 4 is 12.0 Å². The van der Waals surface area contributed by atoms with Gasteiger partial charge in [0.1, 0.15) is 0 Å². The summed E-state index contributed by atoms with van der Waals surface area (Å²) in [4.78, 5) is 15.6. The SMILES string of the molecule is CCCN(CC)C(N)=NC(N)=O. The smallest absolute Gasteiger partial charge is 0.341 e. The van der Waals surface area contributed by atoms with Gasteiger partial charge in [0, 0.05) is 13.1 Å². The minimum Gasteiger partial charge on any atom is -0.369 e. The normalized spacial score (nSPS) is 11.3. The summed E-state index contributed by atoms with van der Waals surface area (Å²) in [6.07, 6.45) is 0.961. The molecule has 2 amide bonds. The maximum absolute atomic E-state index is 10.4. The van der Waals surface area contributed by atoms with Gasteiger partial charge in [0.15, 0.2) is 0 Å². The molecule has 0 fully saturated rings. The molecule has 0 heterocycles. The Morgan fingerprint density at radius 2 is 2.00 bits per heavy atom. The van der Waals surface area contributed by atoms with E-state index in [-0.39, 0.29) is 5.96 Å². The van der Waals surface area contributed by atoms with Crippen LogP contribution in [0.15, 0.2) is 4.99 Å². The third kappa shape index (κ3) is 3.80. The molecule has 70 valence electrons. The van der Waals surface area contributed by atoms with Crippen LogP contribution < -0.4 is 11.5 Å². The highest BCUT2D eigenvalue weighted by molar-refractivity contribution is 5.90. The maximum atomic E-state index is 10.4. The van der Waals surface area contributed by atoms with E-state index in [0.29, 0.717) is 0 Å². The molecule has 5 nitrogen and oxygen atoms in total. The number of nitrogens with zero attached hydrogens (tertiary/aromatic N) is 2. The minimum atomic E-state index is -0.748. The van der Waals surface area contributed by atoms with E-state index in [1.807, 2.05) is 13.8 Å². The molecule has 0 atom stereocenters. The Morgan fingerprint density at radius 3 is 2.33 bits per heavy atom. The van der Waals surface area contributed by atoms with Gasteiger partial charge in [0.25, 0.3) is 0 Å². The number of guanidine groups is 1. The predicted molar refractivity (Wildman–Crippen MR) is 48.7 cm³/mol. The largest absolute Gasteiger partial charge is 0.369 e. The van der Waals surface area contributed by atoms with Crippen LogP contribution in [0, 0.1) is 0 Å². The highest BCUT2D eigenvalue weighted by Crippen LogP contribution is 1.90. The first kappa shape index (κ1) is 10.7. The summed E-state index contributed by atoms with van der Waals surface area (Å²) in [5.74, 6) is 0.201. The number of amides is 2. The van der Waals surface area contributed by atoms with Crippen LogP contribution in [0.1, 0.15) is 20.3 Å². The van der Waals surface area contributed by atoms with Crippen molar-refractivity contribution in [2.75, 3.05) is 13.1 Å². The molecule has 0 aromatic rings. The third-order valence-electron chi connectivity index (χ3n) is 1.42. The number of rotatable bonds is 3. The number of carbonyl (C=O) groups excluding carboxylic acids is 1. The summed E-state index contributed by atoms with van der Waals surface area (Å²) in [6, 6.07) is -0.748. The Balaban J connectivity index is 4.19. The standard InChI is InChI=1S/C7H16N4O/c1-3-5-11(4-2)6(8)10-7(9)12/h3-5H2,1-2H3,(H4,8,9,10,12). The summed E-state index contributed by atoms with van der Waals surface area (Å²) in [7, 11) is 0. The molecule has 0 aliphatic rings. The van der Waals surface area contributed by atoms with E-state index < -0.39 is 6.03 Å². The second kappa shape index (κ2) is 5.40. The van der Waals surface area contributed by atoms with Gasteiger partial charge >= 0.3 is 6.03 Å². The number of urea groups is 1. The van der Waals surface area contributed by atoms with Crippen LogP contribution in [0.3, 0.4) is 0 Å². The Bertz CT molecular complexity index is 178. The van der Waals surface area contributed by atoms with Crippen LogP contribution in [0.25, 0.3) is 0 Å². The van der Waals surface area contributed by atoms with Gasteiger partial charge in [-0.1, -0.05) is 6.92 Å². The molecule has 0 aromatic heterocycles. The van der Waals surface area contributed by atoms with Crippen molar-refractivity contribution in [3.63, 3.8) is 0 Å². The molecule has 0 bridgehead atoms. The van der Waals surface area contributed by atoms with E-state index in [2.05, 4.69) is 4.99 Å². The van der Waals surface area contributed by atoms with Crippen LogP contribution in [0.2, 0.25) is 0 Å². The fourth-order valence-electron chi connectivity index (χ4n) is 0.888. The van der Waals surface area contributed by atoms with Gasteiger partial charge in [0.2, 0.25) is 5.96 Å². The Labute approximate surface area is 72.4 Å². The predicted octanol–water partition coefficient (Wildman–Crippen LogP) is 0.112. The molecule has 0 aliphatic carbocycles. The Kier molecular flexibility index (Phi) is 4.83. The lowest BCUT2D eigenvalue weighted by Crippen LogP contribution is -2.38. The zero-order chi connectivity index (χ0) is 9.56. The number of primary amides is 1. The van der Waals surface area contributed by atoms with Gasteiger partial charge in [-0.25, -0.2) is 4.79 Å². The summed E-state index contributed by atoms with van der Waals surface area (Å²) in [5.41, 5.74) is 10.3. The van der Waals surface area contributed by atoms with Crippen LogP contribution in [-0.2, 0) is 0 Å². The average Bonchev–Trinajstić information content (AvgIpc) is 1.98. The molecule has 5 heteroatoms. The number of aliphatic imine (C=N–C) groups is 1. The first-order valence-electron chi connectivity index (χ1n) is 4.00. The molecule has 4 N–H and O–H groups in total. The van der Waals surface area contributed by atoms with Gasteiger partial charge in [-0.05, 0) is 13.3 Å². The van der Waals surface area contributed by atoms with Crippen molar-refractivity contribution in [2.24, 2.45) is 16.5 Å². The lowest BCUT2D eigenvalue weighted by Gasteiger charge is -2.19. The molecule has 0 rings (SSSR count). The molecule has 0 saturated heterocycles. The fraction of sp³-hybridized carbons (Fsp3) is 0.714. The number of nitrogens with two attached hydrogens (primary N) is 2. The molecule has 0 unspecified atom stereocenters. The molecule has 12 heavy (non-hydrogen) atoms. The zero-order valence-electron chi connectivity index (χ0n) is 7.58. The quantitative estimate of drug-likeness (QED) is 0.468. The van der Waals surface area contributed by atoms with Crippen molar-refractivity contribution in [1.82, 2.24) is 4.90 Å². The highest BCUT2D eigenvalue weighted by Gasteiger charge is 2.04. The monoisotopic (exact) mass is 172 g/mol. The fourth-order valence-corrected chi connectivity index (χ4v) is 0.888. The lowest BCUT2D eigenvalue weighted by molar-refractivity contribution is 0.256. The zero-order valence-corrected chi connectivity index (χ0v) is 7.58. The number of carbonyl (C=O) groups is 1. The third-order valence-corrected chi connectivity index (χ3v) is 1.42. The second-order valence-corrected chi connectivity index (χ2v) is 2.39. The molecular formula is C7H16N4O. The van der Waals surface area contributed by atoms with Gasteiger partial charge in [-0.3, -0.25) is 0 Å². The molecule has 0 spiro atoms. The van der Waals surface area contributed by atoms with Crippen molar-refractivity contribution < 1.29 is 4.79 Å². The summed E-state index contributed by atoms with van der Waals surface area (Å²) in [5, 5.41) is 0. The van der Waals surface area contributed by atoms with Crippen molar-refractivity contribution in [2.45, 2.75) is 20.3 Å². The van der Waals surface area contributed by atoms with E-state index in [9.17, 15) is 4.79 Å². The van der Waals surface area contributed by atoms with Gasteiger partial charge in [0.05, 0.1) is 0 Å². The van der Waals surface area contributed by atoms with E-state index >= 15 is 0 Å². The first-order chi connectivity index (χ1) is 5.61. The van der Waals surface area contributed by atoms with Crippen molar-refractivity contribution in [3.8, 4) is 0 Å². The topological polar surface area (TPSA) is 84.7 Å². The molecule has 0 saturated carbocycles. The van der Waals surface area contributed by atoms with Crippen molar-refractivity contribution in [1.29, 1.82) is 0 Å². The van der Waals surface area contributed by atoms with Crippen LogP contribution >= 0.6 is 0 Å². The van der Waals surface area contributed by atoms with E-state index in [0.717, 1.165) is 19.5 Å². The summed E-state index contributed by atoms with van der Waals surface area (Å²) < 4.78 is 0. The van der Waals surface area contributed by atoms with E-state index in [4.69, 9.17) is 11.5 Å². The Hall–Kier alpha value is -1.26. The van der Waals surface area contributed by atoms with E-state index in [1.54, 1.807) is 4.90 Å². The van der Waals surface area contributed by atoms with Crippen molar-refractivity contribution in [3.05, 3.63) is 0 Å². The second-order valence-electron chi connectivity index (χ2n) is 2.39. The highest BCUT2D eigenvalue weighted by atomic mass is 16.2. The first-order valence-corrected chi connectivity index (χ1v) is 4.00. The summed E-state index contributed by atoms with van der Waals surface area (Å²) >= 11 is 0. The number of hydrogen-bond acceptors (Lipinski definition) is 1. The Morgan fingerprint density at radius 1 is 1.42 bits per heavy atom.